The predicted molar refractivity (Wildman–Crippen MR) is 98.1 cm³/mol. The van der Waals surface area contributed by atoms with Gasteiger partial charge in [0.25, 0.3) is 5.69 Å². The monoisotopic (exact) mass is 374 g/mol. The van der Waals surface area contributed by atoms with E-state index in [-0.39, 0.29) is 16.3 Å². The van der Waals surface area contributed by atoms with Crippen LogP contribution in [0.2, 0.25) is 5.02 Å². The van der Waals surface area contributed by atoms with Crippen molar-refractivity contribution in [3.63, 3.8) is 0 Å². The third kappa shape index (κ3) is 3.30. The number of rotatable bonds is 5. The molecule has 0 amide bonds. The maximum Gasteiger partial charge on any atom is 0.317 e. The zero-order valence-electron chi connectivity index (χ0n) is 14.4. The molecular formula is C19H19ClN2O4. The molecule has 0 aromatic heterocycles. The topological polar surface area (TPSA) is 72.7 Å². The second kappa shape index (κ2) is 7.43. The molecule has 1 heterocycles. The summed E-state index contributed by atoms with van der Waals surface area (Å²) < 4.78 is 5.03. The minimum atomic E-state index is -1.15. The van der Waals surface area contributed by atoms with Crippen molar-refractivity contribution in [2.24, 2.45) is 0 Å². The van der Waals surface area contributed by atoms with E-state index in [0.717, 1.165) is 5.56 Å². The average Bonchev–Trinajstić information content (AvgIpc) is 3.06. The van der Waals surface area contributed by atoms with Crippen molar-refractivity contribution < 1.29 is 14.5 Å². The highest BCUT2D eigenvalue weighted by atomic mass is 35.5. The average molecular weight is 375 g/mol. The van der Waals surface area contributed by atoms with Crippen molar-refractivity contribution in [2.75, 3.05) is 20.2 Å². The highest BCUT2D eigenvalue weighted by Gasteiger charge is 2.51. The van der Waals surface area contributed by atoms with Gasteiger partial charge in [-0.15, -0.1) is 0 Å². The highest BCUT2D eigenvalue weighted by molar-refractivity contribution is 6.32. The fourth-order valence-corrected chi connectivity index (χ4v) is 4.02. The van der Waals surface area contributed by atoms with E-state index in [1.165, 1.54) is 19.2 Å². The first-order valence-corrected chi connectivity index (χ1v) is 8.64. The summed E-state index contributed by atoms with van der Waals surface area (Å²) in [6, 6.07) is 14.4. The highest BCUT2D eigenvalue weighted by Crippen LogP contribution is 2.44. The van der Waals surface area contributed by atoms with Crippen molar-refractivity contribution >= 4 is 23.3 Å². The van der Waals surface area contributed by atoms with E-state index >= 15 is 0 Å². The molecule has 0 spiro atoms. The van der Waals surface area contributed by atoms with Crippen molar-refractivity contribution in [1.29, 1.82) is 0 Å². The van der Waals surface area contributed by atoms with Gasteiger partial charge in [0.05, 0.1) is 22.6 Å². The smallest absolute Gasteiger partial charge is 0.317 e. The standard InChI is InChI=1S/C19H19ClN2O4/c1-26-18(23)19(17-15(20)8-5-9-16(17)22(24)25)10-11-21(13-19)12-14-6-3-2-4-7-14/h2-9H,10-13H2,1H3. The van der Waals surface area contributed by atoms with Gasteiger partial charge in [-0.3, -0.25) is 19.8 Å². The summed E-state index contributed by atoms with van der Waals surface area (Å²) in [5.41, 5.74) is 0.0601. The van der Waals surface area contributed by atoms with Crippen LogP contribution in [-0.4, -0.2) is 36.0 Å². The second-order valence-electron chi connectivity index (χ2n) is 6.41. The summed E-state index contributed by atoms with van der Waals surface area (Å²) in [6.45, 7) is 1.59. The molecule has 0 N–H and O–H groups in total. The molecule has 0 aliphatic carbocycles. The van der Waals surface area contributed by atoms with Gasteiger partial charge < -0.3 is 4.74 Å². The number of methoxy groups -OCH3 is 1. The number of carbonyl (C=O) groups is 1. The SMILES string of the molecule is COC(=O)C1(c2c(Cl)cccc2[N+](=O)[O-])CCN(Cc2ccccc2)C1. The molecule has 7 heteroatoms. The van der Waals surface area contributed by atoms with E-state index in [1.807, 2.05) is 30.3 Å². The van der Waals surface area contributed by atoms with Crippen LogP contribution < -0.4 is 0 Å². The number of hydrogen-bond donors (Lipinski definition) is 0. The molecule has 1 aliphatic rings. The molecule has 1 unspecified atom stereocenters. The van der Waals surface area contributed by atoms with E-state index < -0.39 is 16.3 Å². The van der Waals surface area contributed by atoms with Crippen LogP contribution >= 0.6 is 11.6 Å². The molecule has 3 rings (SSSR count). The maximum atomic E-state index is 12.7. The van der Waals surface area contributed by atoms with E-state index in [9.17, 15) is 14.9 Å². The van der Waals surface area contributed by atoms with Crippen molar-refractivity contribution in [2.45, 2.75) is 18.4 Å². The van der Waals surface area contributed by atoms with Crippen LogP contribution in [0.1, 0.15) is 17.5 Å². The van der Waals surface area contributed by atoms with Gasteiger partial charge in [-0.1, -0.05) is 48.0 Å². The first kappa shape index (κ1) is 18.4. The van der Waals surface area contributed by atoms with Gasteiger partial charge in [-0.2, -0.15) is 0 Å². The number of halogens is 1. The van der Waals surface area contributed by atoms with Crippen LogP contribution in [0.25, 0.3) is 0 Å². The Balaban J connectivity index is 2.00. The van der Waals surface area contributed by atoms with Crippen LogP contribution in [-0.2, 0) is 21.5 Å². The zero-order chi connectivity index (χ0) is 18.7. The normalized spacial score (nSPS) is 20.1. The van der Waals surface area contributed by atoms with Gasteiger partial charge in [0, 0.05) is 25.7 Å². The summed E-state index contributed by atoms with van der Waals surface area (Å²) in [4.78, 5) is 25.9. The minimum absolute atomic E-state index is 0.149. The Morgan fingerprint density at radius 3 is 2.65 bits per heavy atom. The largest absolute Gasteiger partial charge is 0.468 e. The summed E-state index contributed by atoms with van der Waals surface area (Å²) in [5.74, 6) is -0.496. The Morgan fingerprint density at radius 1 is 1.27 bits per heavy atom. The molecule has 1 atom stereocenters. The van der Waals surface area contributed by atoms with Crippen molar-refractivity contribution in [3.05, 3.63) is 74.8 Å². The van der Waals surface area contributed by atoms with Crippen LogP contribution in [0.15, 0.2) is 48.5 Å². The van der Waals surface area contributed by atoms with Crippen LogP contribution in [0.4, 0.5) is 5.69 Å². The van der Waals surface area contributed by atoms with E-state index in [4.69, 9.17) is 16.3 Å². The first-order valence-electron chi connectivity index (χ1n) is 8.26. The molecule has 136 valence electrons. The molecule has 0 saturated carbocycles. The molecule has 0 radical (unpaired) electrons. The number of likely N-dealkylation sites (tertiary alicyclic amines) is 1. The van der Waals surface area contributed by atoms with Gasteiger partial charge in [0.15, 0.2) is 0 Å². The lowest BCUT2D eigenvalue weighted by Crippen LogP contribution is -2.40. The number of carbonyl (C=O) groups excluding carboxylic acids is 1. The Morgan fingerprint density at radius 2 is 2.00 bits per heavy atom. The molecular weight excluding hydrogens is 356 g/mol. The van der Waals surface area contributed by atoms with Crippen LogP contribution in [0.3, 0.4) is 0 Å². The fourth-order valence-electron chi connectivity index (χ4n) is 3.67. The molecule has 1 fully saturated rings. The van der Waals surface area contributed by atoms with E-state index in [0.29, 0.717) is 26.1 Å². The van der Waals surface area contributed by atoms with Crippen LogP contribution in [0, 0.1) is 10.1 Å². The second-order valence-corrected chi connectivity index (χ2v) is 6.82. The predicted octanol–water partition coefficient (Wildman–Crippen LogP) is 3.56. The third-order valence-electron chi connectivity index (χ3n) is 4.84. The number of nitro groups is 1. The molecule has 1 aliphatic heterocycles. The summed E-state index contributed by atoms with van der Waals surface area (Å²) in [5, 5.41) is 11.8. The fraction of sp³-hybridized carbons (Fsp3) is 0.316. The maximum absolute atomic E-state index is 12.7. The summed E-state index contributed by atoms with van der Waals surface area (Å²) >= 11 is 6.32. The number of nitro benzene ring substituents is 1. The molecule has 2 aromatic carbocycles. The first-order chi connectivity index (χ1) is 12.5. The summed E-state index contributed by atoms with van der Waals surface area (Å²) in [6.07, 6.45) is 0.414. The Labute approximate surface area is 156 Å². The van der Waals surface area contributed by atoms with E-state index in [1.54, 1.807) is 6.07 Å². The third-order valence-corrected chi connectivity index (χ3v) is 5.16. The number of esters is 1. The van der Waals surface area contributed by atoms with Crippen molar-refractivity contribution in [3.8, 4) is 0 Å². The lowest BCUT2D eigenvalue weighted by Gasteiger charge is -2.27. The van der Waals surface area contributed by atoms with Gasteiger partial charge in [-0.25, -0.2) is 0 Å². The minimum Gasteiger partial charge on any atom is -0.468 e. The number of ether oxygens (including phenoxy) is 1. The van der Waals surface area contributed by atoms with Crippen LogP contribution in [0.5, 0.6) is 0 Å². The van der Waals surface area contributed by atoms with Gasteiger partial charge in [0.1, 0.15) is 5.41 Å². The van der Waals surface area contributed by atoms with Gasteiger partial charge in [-0.05, 0) is 18.1 Å². The van der Waals surface area contributed by atoms with Gasteiger partial charge >= 0.3 is 5.97 Å². The van der Waals surface area contributed by atoms with Crippen molar-refractivity contribution in [1.82, 2.24) is 4.90 Å². The lowest BCUT2D eigenvalue weighted by atomic mass is 9.78. The summed E-state index contributed by atoms with van der Waals surface area (Å²) in [7, 11) is 1.30. The Kier molecular flexibility index (Phi) is 5.25. The zero-order valence-corrected chi connectivity index (χ0v) is 15.1. The quantitative estimate of drug-likeness (QED) is 0.454. The molecule has 1 saturated heterocycles. The van der Waals surface area contributed by atoms with Gasteiger partial charge in [0.2, 0.25) is 0 Å². The molecule has 6 nitrogen and oxygen atoms in total. The number of benzene rings is 2. The number of hydrogen-bond acceptors (Lipinski definition) is 5. The molecule has 0 bridgehead atoms. The number of nitrogens with zero attached hydrogens (tertiary/aromatic N) is 2. The Bertz CT molecular complexity index is 828. The molecule has 26 heavy (non-hydrogen) atoms. The van der Waals surface area contributed by atoms with E-state index in [2.05, 4.69) is 4.90 Å². The molecule has 2 aromatic rings. The lowest BCUT2D eigenvalue weighted by molar-refractivity contribution is -0.386. The Hall–Kier alpha value is -2.44.